The lowest BCUT2D eigenvalue weighted by atomic mass is 9.98. The molecule has 1 aliphatic rings. The minimum Gasteiger partial charge on any atom is -0.445 e. The minimum atomic E-state index is -0.226. The molecule has 32 heavy (non-hydrogen) atoms. The smallest absolute Gasteiger partial charge is 0.410 e. The second-order valence-corrected chi connectivity index (χ2v) is 8.36. The van der Waals surface area contributed by atoms with E-state index >= 15 is 0 Å². The Labute approximate surface area is 188 Å². The van der Waals surface area contributed by atoms with Crippen molar-refractivity contribution in [2.24, 2.45) is 7.05 Å². The van der Waals surface area contributed by atoms with Gasteiger partial charge >= 0.3 is 6.09 Å². The number of likely N-dealkylation sites (tertiary alicyclic amines) is 1. The van der Waals surface area contributed by atoms with E-state index in [-0.39, 0.29) is 12.1 Å². The monoisotopic (exact) mass is 425 g/mol. The molecule has 0 spiro atoms. The molecule has 1 unspecified atom stereocenters. The maximum atomic E-state index is 12.9. The van der Waals surface area contributed by atoms with E-state index in [1.54, 1.807) is 0 Å². The predicted molar refractivity (Wildman–Crippen MR) is 126 cm³/mol. The topological polar surface area (TPSA) is 47.4 Å². The van der Waals surface area contributed by atoms with Gasteiger partial charge in [0, 0.05) is 31.2 Å². The van der Waals surface area contributed by atoms with E-state index in [1.165, 1.54) is 16.8 Å². The molecule has 1 fully saturated rings. The summed E-state index contributed by atoms with van der Waals surface area (Å²) in [6, 6.07) is 24.5. The van der Waals surface area contributed by atoms with E-state index in [0.717, 1.165) is 42.4 Å². The van der Waals surface area contributed by atoms with Crippen molar-refractivity contribution in [2.75, 3.05) is 6.54 Å². The number of fused-ring (bicyclic) bond motifs is 1. The Kier molecular flexibility index (Phi) is 5.63. The summed E-state index contributed by atoms with van der Waals surface area (Å²) in [5, 5.41) is 1.15. The molecule has 1 atom stereocenters. The molecule has 2 aromatic heterocycles. The lowest BCUT2D eigenvalue weighted by Crippen LogP contribution is -2.37. The van der Waals surface area contributed by atoms with Gasteiger partial charge in [-0.3, -0.25) is 0 Å². The van der Waals surface area contributed by atoms with Gasteiger partial charge in [0.05, 0.1) is 5.69 Å². The molecular formula is C27H27N3O2. The molecular weight excluding hydrogens is 398 g/mol. The number of aromatic nitrogens is 2. The van der Waals surface area contributed by atoms with Crippen LogP contribution in [0.25, 0.3) is 22.3 Å². The number of carbonyl (C=O) groups excluding carboxylic acids is 1. The lowest BCUT2D eigenvalue weighted by Gasteiger charge is -2.24. The molecule has 2 aromatic carbocycles. The zero-order chi connectivity index (χ0) is 21.9. The molecule has 5 rings (SSSR count). The van der Waals surface area contributed by atoms with Gasteiger partial charge in [0.25, 0.3) is 0 Å². The molecule has 5 heteroatoms. The Morgan fingerprint density at radius 1 is 1.03 bits per heavy atom. The summed E-state index contributed by atoms with van der Waals surface area (Å²) in [5.74, 6) is 0. The van der Waals surface area contributed by atoms with E-state index in [0.29, 0.717) is 6.61 Å². The highest BCUT2D eigenvalue weighted by Crippen LogP contribution is 2.35. The third-order valence-corrected chi connectivity index (χ3v) is 6.35. The van der Waals surface area contributed by atoms with Crippen LogP contribution in [0.5, 0.6) is 0 Å². The van der Waals surface area contributed by atoms with Gasteiger partial charge < -0.3 is 14.2 Å². The molecule has 1 amide bonds. The van der Waals surface area contributed by atoms with Crippen LogP contribution in [0.1, 0.15) is 24.0 Å². The number of rotatable bonds is 5. The molecule has 1 saturated heterocycles. The fourth-order valence-corrected chi connectivity index (χ4v) is 4.83. The summed E-state index contributed by atoms with van der Waals surface area (Å²) in [6.07, 6.45) is 4.37. The molecule has 0 aliphatic carbocycles. The summed E-state index contributed by atoms with van der Waals surface area (Å²) in [4.78, 5) is 19.5. The van der Waals surface area contributed by atoms with Gasteiger partial charge in [-0.25, -0.2) is 9.78 Å². The molecule has 1 aliphatic heterocycles. The van der Waals surface area contributed by atoms with Gasteiger partial charge in [-0.2, -0.15) is 0 Å². The first-order valence-electron chi connectivity index (χ1n) is 11.2. The maximum absolute atomic E-state index is 12.9. The van der Waals surface area contributed by atoms with Gasteiger partial charge in [-0.15, -0.1) is 0 Å². The Morgan fingerprint density at radius 3 is 2.56 bits per heavy atom. The molecule has 0 bridgehead atoms. The highest BCUT2D eigenvalue weighted by Gasteiger charge is 2.32. The molecule has 3 heterocycles. The van der Waals surface area contributed by atoms with Crippen molar-refractivity contribution in [3.8, 4) is 11.3 Å². The zero-order valence-corrected chi connectivity index (χ0v) is 18.3. The number of nitrogens with zero attached hydrogens (tertiary/aromatic N) is 3. The molecule has 0 saturated carbocycles. The highest BCUT2D eigenvalue weighted by atomic mass is 16.6. The van der Waals surface area contributed by atoms with Crippen molar-refractivity contribution >= 4 is 17.1 Å². The first-order chi connectivity index (χ1) is 15.7. The third kappa shape index (κ3) is 3.86. The average Bonchev–Trinajstić information content (AvgIpc) is 3.42. The second-order valence-electron chi connectivity index (χ2n) is 8.36. The molecule has 162 valence electrons. The van der Waals surface area contributed by atoms with Crippen LogP contribution >= 0.6 is 0 Å². The second kappa shape index (κ2) is 8.87. The molecule has 0 N–H and O–H groups in total. The largest absolute Gasteiger partial charge is 0.445 e. The van der Waals surface area contributed by atoms with Gasteiger partial charge in [0.1, 0.15) is 12.3 Å². The number of amides is 1. The van der Waals surface area contributed by atoms with Crippen LogP contribution in [0.3, 0.4) is 0 Å². The van der Waals surface area contributed by atoms with E-state index in [4.69, 9.17) is 4.74 Å². The molecule has 4 aromatic rings. The summed E-state index contributed by atoms with van der Waals surface area (Å²) in [7, 11) is 2.07. The Balaban J connectivity index is 1.43. The van der Waals surface area contributed by atoms with E-state index in [1.807, 2.05) is 53.6 Å². The van der Waals surface area contributed by atoms with Crippen LogP contribution in [-0.2, 0) is 24.8 Å². The van der Waals surface area contributed by atoms with Crippen LogP contribution in [0, 0.1) is 0 Å². The SMILES string of the molecule is Cn1c(-c2ccccc2)c(CC2CCCN2C(=O)OCc2ccccc2)c2cccnc21. The highest BCUT2D eigenvalue weighted by molar-refractivity contribution is 5.89. The number of ether oxygens (including phenoxy) is 1. The number of hydrogen-bond donors (Lipinski definition) is 0. The fourth-order valence-electron chi connectivity index (χ4n) is 4.83. The van der Waals surface area contributed by atoms with Crippen LogP contribution in [-0.4, -0.2) is 33.1 Å². The fraction of sp³-hybridized carbons (Fsp3) is 0.259. The summed E-state index contributed by atoms with van der Waals surface area (Å²) < 4.78 is 7.83. The maximum Gasteiger partial charge on any atom is 0.410 e. The number of benzene rings is 2. The van der Waals surface area contributed by atoms with E-state index in [9.17, 15) is 4.79 Å². The van der Waals surface area contributed by atoms with Crippen molar-refractivity contribution < 1.29 is 9.53 Å². The molecule has 5 nitrogen and oxygen atoms in total. The van der Waals surface area contributed by atoms with Crippen LogP contribution in [0.15, 0.2) is 79.0 Å². The van der Waals surface area contributed by atoms with Crippen molar-refractivity contribution in [1.82, 2.24) is 14.5 Å². The lowest BCUT2D eigenvalue weighted by molar-refractivity contribution is 0.0922. The van der Waals surface area contributed by atoms with Crippen LogP contribution in [0.2, 0.25) is 0 Å². The van der Waals surface area contributed by atoms with Gasteiger partial charge in [-0.05, 0) is 48.1 Å². The van der Waals surface area contributed by atoms with E-state index < -0.39 is 0 Å². The van der Waals surface area contributed by atoms with Crippen molar-refractivity contribution in [3.05, 3.63) is 90.1 Å². The number of pyridine rings is 1. The Bertz CT molecular complexity index is 1220. The van der Waals surface area contributed by atoms with Gasteiger partial charge in [-0.1, -0.05) is 60.7 Å². The number of aryl methyl sites for hydroxylation is 1. The summed E-state index contributed by atoms with van der Waals surface area (Å²) in [5.41, 5.74) is 5.55. The standard InChI is InChI=1S/C27H27N3O2/c1-29-25(21-12-6-3-7-13-21)24(23-15-8-16-28-26(23)29)18-22-14-9-17-30(22)27(31)32-19-20-10-4-2-5-11-20/h2-8,10-13,15-16,22H,9,14,17-19H2,1H3. The summed E-state index contributed by atoms with van der Waals surface area (Å²) >= 11 is 0. The van der Waals surface area contributed by atoms with Crippen molar-refractivity contribution in [1.29, 1.82) is 0 Å². The Hall–Kier alpha value is -3.60. The van der Waals surface area contributed by atoms with Crippen LogP contribution < -0.4 is 0 Å². The first kappa shape index (κ1) is 20.3. The molecule has 0 radical (unpaired) electrons. The van der Waals surface area contributed by atoms with Crippen LogP contribution in [0.4, 0.5) is 4.79 Å². The van der Waals surface area contributed by atoms with Gasteiger partial charge in [0.15, 0.2) is 0 Å². The minimum absolute atomic E-state index is 0.117. The Morgan fingerprint density at radius 2 is 1.78 bits per heavy atom. The summed E-state index contributed by atoms with van der Waals surface area (Å²) in [6.45, 7) is 1.04. The quantitative estimate of drug-likeness (QED) is 0.419. The average molecular weight is 426 g/mol. The normalized spacial score (nSPS) is 15.9. The van der Waals surface area contributed by atoms with E-state index in [2.05, 4.69) is 46.9 Å². The van der Waals surface area contributed by atoms with Crippen molar-refractivity contribution in [2.45, 2.75) is 31.9 Å². The number of carbonyl (C=O) groups is 1. The first-order valence-corrected chi connectivity index (χ1v) is 11.2. The zero-order valence-electron chi connectivity index (χ0n) is 18.3. The third-order valence-electron chi connectivity index (χ3n) is 6.35. The van der Waals surface area contributed by atoms with Crippen molar-refractivity contribution in [3.63, 3.8) is 0 Å². The predicted octanol–water partition coefficient (Wildman–Crippen LogP) is 5.58. The van der Waals surface area contributed by atoms with Gasteiger partial charge in [0.2, 0.25) is 0 Å². The number of hydrogen-bond acceptors (Lipinski definition) is 3.